The summed E-state index contributed by atoms with van der Waals surface area (Å²) in [6.45, 7) is 4.33. The van der Waals surface area contributed by atoms with Crippen LogP contribution in [0.4, 0.5) is 17.1 Å². The van der Waals surface area contributed by atoms with Crippen molar-refractivity contribution in [2.24, 2.45) is 0 Å². The summed E-state index contributed by atoms with van der Waals surface area (Å²) in [4.78, 5) is 35.9. The number of carbonyl (C=O) groups is 2. The number of carbonyl (C=O) groups excluding carboxylic acids is 2. The zero-order valence-corrected chi connectivity index (χ0v) is 16.7. The number of hydrogen-bond acceptors (Lipinski definition) is 5. The number of methoxy groups -OCH3 is 1. The number of benzene rings is 2. The SMILES string of the molecule is CC[NH+](CC(=O)Nc1cc([N+](=O)[O-])ccc1C)CC(=O)Nc1ccccc1OC. The zero-order chi connectivity index (χ0) is 21.4. The molecular weight excluding hydrogens is 376 g/mol. The number of nitrogens with one attached hydrogen (secondary N) is 3. The molecule has 0 aliphatic carbocycles. The lowest BCUT2D eigenvalue weighted by Crippen LogP contribution is -3.13. The summed E-state index contributed by atoms with van der Waals surface area (Å²) in [5.74, 6) is -0.0148. The lowest BCUT2D eigenvalue weighted by molar-refractivity contribution is -0.881. The maximum absolute atomic E-state index is 12.4. The molecule has 0 fully saturated rings. The van der Waals surface area contributed by atoms with E-state index in [1.165, 1.54) is 19.2 Å². The number of aryl methyl sites for hydroxylation is 1. The van der Waals surface area contributed by atoms with Crippen LogP contribution in [0.15, 0.2) is 42.5 Å². The summed E-state index contributed by atoms with van der Waals surface area (Å²) in [6, 6.07) is 11.4. The van der Waals surface area contributed by atoms with Crippen molar-refractivity contribution in [1.29, 1.82) is 0 Å². The molecule has 2 aromatic rings. The third-order valence-corrected chi connectivity index (χ3v) is 4.41. The van der Waals surface area contributed by atoms with Crippen LogP contribution >= 0.6 is 0 Å². The minimum absolute atomic E-state index is 0.0535. The number of amides is 2. The van der Waals surface area contributed by atoms with Crippen molar-refractivity contribution in [3.05, 3.63) is 58.1 Å². The highest BCUT2D eigenvalue weighted by molar-refractivity contribution is 5.94. The molecule has 2 aromatic carbocycles. The summed E-state index contributed by atoms with van der Waals surface area (Å²) >= 11 is 0. The van der Waals surface area contributed by atoms with E-state index in [9.17, 15) is 19.7 Å². The van der Waals surface area contributed by atoms with Crippen LogP contribution in [0.25, 0.3) is 0 Å². The Morgan fingerprint density at radius 2 is 1.69 bits per heavy atom. The molecule has 0 radical (unpaired) electrons. The van der Waals surface area contributed by atoms with E-state index in [-0.39, 0.29) is 30.6 Å². The molecule has 3 N–H and O–H groups in total. The van der Waals surface area contributed by atoms with Gasteiger partial charge in [-0.1, -0.05) is 18.2 Å². The van der Waals surface area contributed by atoms with E-state index in [4.69, 9.17) is 4.74 Å². The lowest BCUT2D eigenvalue weighted by Gasteiger charge is -2.18. The van der Waals surface area contributed by atoms with Crippen LogP contribution in [0.3, 0.4) is 0 Å². The van der Waals surface area contributed by atoms with Crippen LogP contribution in [0.2, 0.25) is 0 Å². The van der Waals surface area contributed by atoms with Crippen molar-refractivity contribution in [3.8, 4) is 5.75 Å². The van der Waals surface area contributed by atoms with Crippen molar-refractivity contribution in [3.63, 3.8) is 0 Å². The van der Waals surface area contributed by atoms with Crippen molar-refractivity contribution >= 4 is 28.9 Å². The maximum atomic E-state index is 12.4. The zero-order valence-electron chi connectivity index (χ0n) is 16.7. The number of non-ortho nitro benzene ring substituents is 1. The number of quaternary nitrogens is 1. The number of nitrogens with zero attached hydrogens (tertiary/aromatic N) is 1. The van der Waals surface area contributed by atoms with Crippen molar-refractivity contribution in [1.82, 2.24) is 0 Å². The summed E-state index contributed by atoms with van der Waals surface area (Å²) in [5, 5.41) is 16.4. The molecule has 1 unspecified atom stereocenters. The number of hydrogen-bond donors (Lipinski definition) is 3. The fourth-order valence-corrected chi connectivity index (χ4v) is 2.76. The molecule has 0 bridgehead atoms. The van der Waals surface area contributed by atoms with Gasteiger partial charge in [-0.25, -0.2) is 0 Å². The molecule has 2 amide bonds. The highest BCUT2D eigenvalue weighted by Gasteiger charge is 2.19. The van der Waals surface area contributed by atoms with Crippen LogP contribution in [0.1, 0.15) is 12.5 Å². The van der Waals surface area contributed by atoms with Gasteiger partial charge in [0.25, 0.3) is 17.5 Å². The van der Waals surface area contributed by atoms with Crippen LogP contribution in [0, 0.1) is 17.0 Å². The average Bonchev–Trinajstić information content (AvgIpc) is 2.69. The predicted octanol–water partition coefficient (Wildman–Crippen LogP) is 1.39. The Hall–Kier alpha value is -3.46. The number of anilines is 2. The number of rotatable bonds is 9. The second-order valence-electron chi connectivity index (χ2n) is 6.51. The first kappa shape index (κ1) is 21.8. The standard InChI is InChI=1S/C20H24N4O5/c1-4-23(12-19(25)21-16-7-5-6-8-18(16)29-3)13-20(26)22-17-11-15(24(27)28)10-9-14(17)2/h5-11H,4,12-13H2,1-3H3,(H,21,25)(H,22,26)/p+1. The molecular formula is C20H25N4O5+. The van der Waals surface area contributed by atoms with E-state index in [1.807, 2.05) is 6.92 Å². The largest absolute Gasteiger partial charge is 0.495 e. The Morgan fingerprint density at radius 1 is 1.07 bits per heavy atom. The molecule has 29 heavy (non-hydrogen) atoms. The van der Waals surface area contributed by atoms with Gasteiger partial charge in [-0.3, -0.25) is 19.7 Å². The van der Waals surface area contributed by atoms with E-state index in [0.29, 0.717) is 23.7 Å². The summed E-state index contributed by atoms with van der Waals surface area (Å²) in [5.41, 5.74) is 1.57. The molecule has 154 valence electrons. The van der Waals surface area contributed by atoms with Gasteiger partial charge in [0.1, 0.15) is 5.75 Å². The molecule has 0 heterocycles. The number of para-hydroxylation sites is 2. The van der Waals surface area contributed by atoms with Gasteiger partial charge in [0, 0.05) is 12.1 Å². The third kappa shape index (κ3) is 6.28. The molecule has 0 aromatic heterocycles. The Balaban J connectivity index is 1.97. The van der Waals surface area contributed by atoms with Crippen LogP contribution in [-0.4, -0.2) is 43.5 Å². The number of nitro groups is 1. The van der Waals surface area contributed by atoms with E-state index in [1.54, 1.807) is 37.3 Å². The fraction of sp³-hybridized carbons (Fsp3) is 0.300. The molecule has 0 saturated heterocycles. The van der Waals surface area contributed by atoms with Gasteiger partial charge in [0.15, 0.2) is 13.1 Å². The molecule has 0 spiro atoms. The molecule has 0 aliphatic rings. The summed E-state index contributed by atoms with van der Waals surface area (Å²) in [6.07, 6.45) is 0. The second-order valence-corrected chi connectivity index (χ2v) is 6.51. The van der Waals surface area contributed by atoms with Gasteiger partial charge in [0.05, 0.1) is 30.0 Å². The highest BCUT2D eigenvalue weighted by atomic mass is 16.6. The average molecular weight is 401 g/mol. The molecule has 1 atom stereocenters. The maximum Gasteiger partial charge on any atom is 0.279 e. The lowest BCUT2D eigenvalue weighted by atomic mass is 10.2. The van der Waals surface area contributed by atoms with E-state index in [0.717, 1.165) is 10.5 Å². The Kier molecular flexibility index (Phi) is 7.67. The number of nitro benzene ring substituents is 1. The normalized spacial score (nSPS) is 11.4. The van der Waals surface area contributed by atoms with Gasteiger partial charge in [-0.05, 0) is 31.5 Å². The van der Waals surface area contributed by atoms with E-state index in [2.05, 4.69) is 10.6 Å². The van der Waals surface area contributed by atoms with E-state index < -0.39 is 4.92 Å². The minimum atomic E-state index is -0.513. The van der Waals surface area contributed by atoms with E-state index >= 15 is 0 Å². The molecule has 0 aliphatic heterocycles. The van der Waals surface area contributed by atoms with Gasteiger partial charge < -0.3 is 20.3 Å². The van der Waals surface area contributed by atoms with Gasteiger partial charge in [-0.2, -0.15) is 0 Å². The fourth-order valence-electron chi connectivity index (χ4n) is 2.76. The van der Waals surface area contributed by atoms with Gasteiger partial charge in [0.2, 0.25) is 0 Å². The van der Waals surface area contributed by atoms with Crippen molar-refractivity contribution in [2.45, 2.75) is 13.8 Å². The first-order valence-electron chi connectivity index (χ1n) is 9.15. The third-order valence-electron chi connectivity index (χ3n) is 4.41. The smallest absolute Gasteiger partial charge is 0.279 e. The van der Waals surface area contributed by atoms with Gasteiger partial charge in [-0.15, -0.1) is 0 Å². The summed E-state index contributed by atoms with van der Waals surface area (Å²) < 4.78 is 5.21. The monoisotopic (exact) mass is 401 g/mol. The first-order valence-corrected chi connectivity index (χ1v) is 9.15. The predicted molar refractivity (Wildman–Crippen MR) is 109 cm³/mol. The Bertz CT molecular complexity index is 900. The first-order chi connectivity index (χ1) is 13.8. The molecule has 0 saturated carbocycles. The second kappa shape index (κ2) is 10.2. The van der Waals surface area contributed by atoms with Crippen molar-refractivity contribution in [2.75, 3.05) is 37.4 Å². The van der Waals surface area contributed by atoms with Gasteiger partial charge >= 0.3 is 0 Å². The Morgan fingerprint density at radius 3 is 2.28 bits per heavy atom. The molecule has 2 rings (SSSR count). The number of ether oxygens (including phenoxy) is 1. The van der Waals surface area contributed by atoms with Crippen LogP contribution < -0.4 is 20.3 Å². The van der Waals surface area contributed by atoms with Crippen LogP contribution in [0.5, 0.6) is 5.75 Å². The Labute approximate surface area is 168 Å². The molecule has 9 nitrogen and oxygen atoms in total. The molecule has 9 heteroatoms. The quantitative estimate of drug-likeness (QED) is 0.434. The number of likely N-dealkylation sites (N-methyl/N-ethyl adjacent to an activating group) is 1. The summed E-state index contributed by atoms with van der Waals surface area (Å²) in [7, 11) is 1.52. The van der Waals surface area contributed by atoms with Crippen molar-refractivity contribution < 1.29 is 24.1 Å². The topological polar surface area (TPSA) is 115 Å². The highest BCUT2D eigenvalue weighted by Crippen LogP contribution is 2.23. The minimum Gasteiger partial charge on any atom is -0.495 e. The van der Waals surface area contributed by atoms with Crippen LogP contribution in [-0.2, 0) is 9.59 Å².